The van der Waals surface area contributed by atoms with Gasteiger partial charge in [0, 0.05) is 20.8 Å². The summed E-state index contributed by atoms with van der Waals surface area (Å²) in [6.07, 6.45) is -27.2. The number of esters is 2. The van der Waals surface area contributed by atoms with E-state index in [0.717, 1.165) is 54.9 Å². The number of hydrogen-bond acceptors (Lipinski definition) is 24. The minimum atomic E-state index is -3.52. The Morgan fingerprint density at radius 2 is 0.571 bits per heavy atom. The Kier molecular flexibility index (Phi) is 38.3. The van der Waals surface area contributed by atoms with Crippen molar-refractivity contribution in [3.63, 3.8) is 0 Å². The van der Waals surface area contributed by atoms with E-state index in [0.29, 0.717) is 5.56 Å². The van der Waals surface area contributed by atoms with Crippen LogP contribution < -0.4 is 15.7 Å². The van der Waals surface area contributed by atoms with Gasteiger partial charge in [0.05, 0.1) is 85.9 Å². The predicted octanol–water partition coefficient (Wildman–Crippen LogP) is 17.5. The van der Waals surface area contributed by atoms with E-state index in [4.69, 9.17) is 129 Å². The topological polar surface area (TPSA) is 272 Å². The van der Waals surface area contributed by atoms with E-state index >= 15 is 0 Å². The van der Waals surface area contributed by atoms with E-state index in [1.807, 2.05) is 309 Å². The average Bonchev–Trinajstić information content (AvgIpc) is 0.745. The number of carbonyl (C=O) groups excluding carboxylic acids is 3. The normalized spacial score (nSPS) is 24.9. The van der Waals surface area contributed by atoms with Crippen molar-refractivity contribution in [3.8, 4) is 0 Å². The molecular weight excluding hydrogens is 1860 g/mol. The Morgan fingerprint density at radius 1 is 0.300 bits per heavy atom. The number of alkyl halides is 3. The fourth-order valence-electron chi connectivity index (χ4n) is 18.0. The zero-order chi connectivity index (χ0) is 97.6. The van der Waals surface area contributed by atoms with Crippen molar-refractivity contribution in [2.75, 3.05) is 26.4 Å². The second kappa shape index (κ2) is 51.6. The Labute approximate surface area is 834 Å². The lowest BCUT2D eigenvalue weighted by atomic mass is 9.94. The van der Waals surface area contributed by atoms with Crippen LogP contribution in [0.1, 0.15) is 91.6 Å². The summed E-state index contributed by atoms with van der Waals surface area (Å²) in [5.41, 5.74) is 7.08. The summed E-state index contributed by atoms with van der Waals surface area (Å²) in [5, 5.41) is 13.9. The van der Waals surface area contributed by atoms with Gasteiger partial charge in [-0.25, -0.2) is 0 Å². The van der Waals surface area contributed by atoms with Crippen LogP contribution >= 0.6 is 34.8 Å². The van der Waals surface area contributed by atoms with Crippen molar-refractivity contribution in [2.45, 2.75) is 233 Å². The number of nitrogens with one attached hydrogen (secondary N) is 2. The molecule has 0 aromatic heterocycles. The summed E-state index contributed by atoms with van der Waals surface area (Å²) in [7, 11) is -3.52. The molecule has 25 nitrogen and oxygen atoms in total. The molecule has 0 spiro atoms. The van der Waals surface area contributed by atoms with Crippen LogP contribution in [0, 0.1) is 5.41 Å². The minimum Gasteiger partial charge on any atom is -0.454 e. The average molecular weight is 1990 g/mol. The van der Waals surface area contributed by atoms with Gasteiger partial charge in [0.1, 0.15) is 85.4 Å². The van der Waals surface area contributed by atoms with Crippen LogP contribution in [-0.4, -0.2) is 185 Å². The van der Waals surface area contributed by atoms with Crippen molar-refractivity contribution in [2.24, 2.45) is 0 Å². The number of rotatable bonds is 45. The first-order valence-corrected chi connectivity index (χ1v) is 50.2. The number of halogens is 3. The minimum absolute atomic E-state index is 0.00331. The lowest BCUT2D eigenvalue weighted by Crippen LogP contribution is -2.70. The first-order chi connectivity index (χ1) is 68.1. The largest absolute Gasteiger partial charge is 0.454 e. The summed E-state index contributed by atoms with van der Waals surface area (Å²) >= 11 is 19.8. The van der Waals surface area contributed by atoms with Crippen molar-refractivity contribution in [1.29, 1.82) is 5.41 Å². The van der Waals surface area contributed by atoms with E-state index in [1.165, 1.54) is 20.8 Å². The molecule has 738 valence electrons. The number of amides is 1. The third-order valence-corrected chi connectivity index (χ3v) is 30.1. The highest BCUT2D eigenvalue weighted by Gasteiger charge is 2.61. The molecular formula is C111H121Cl3N2O23Si. The van der Waals surface area contributed by atoms with Crippen LogP contribution in [0.3, 0.4) is 0 Å². The Hall–Kier alpha value is -10.3. The van der Waals surface area contributed by atoms with Gasteiger partial charge in [0.2, 0.25) is 18.1 Å². The second-order valence-corrected chi connectivity index (χ2v) is 42.4. The maximum absolute atomic E-state index is 14.6. The molecule has 15 rings (SSSR count). The number of ether oxygens (including phenoxy) is 19. The fourth-order valence-corrected chi connectivity index (χ4v) is 22.7. The van der Waals surface area contributed by atoms with Crippen molar-refractivity contribution >= 4 is 77.2 Å². The highest BCUT2D eigenvalue weighted by molar-refractivity contribution is 6.99. The van der Waals surface area contributed by atoms with Crippen LogP contribution in [0.2, 0.25) is 5.04 Å². The molecule has 20 atom stereocenters. The van der Waals surface area contributed by atoms with Crippen LogP contribution in [0.5, 0.6) is 0 Å². The monoisotopic (exact) mass is 1980 g/mol. The maximum Gasteiger partial charge on any atom is 0.303 e. The fraction of sp³-hybridized carbons (Fsp3) is 0.369. The van der Waals surface area contributed by atoms with Crippen LogP contribution in [0.15, 0.2) is 334 Å². The second-order valence-electron chi connectivity index (χ2n) is 35.8. The number of hydrogen-bond donors (Lipinski definition) is 2. The summed E-state index contributed by atoms with van der Waals surface area (Å²) in [6.45, 7) is 9.22. The SMILES string of the molecule is CC(=O)N[C@H]1[C@H](O[C@H]2[C@H](OCc3ccccc3)[C@H](OC(C)=O)[C@@H](OC(=N)C(Cl)(Cl)Cl)O[C@@H]2CO[C@H]2O[C@H](COCc3ccccc3)[C@@H](OCc3ccccc3)[C@H](OCc3ccccc3)[C@@H]2O[C@H]2O[C@H](CO[Si](c3ccccc3)(c3ccccc3)C(C)(C)C)[C@@H](OCc3ccccc3)[C@H](OCc3ccccc3)[C@@H]2OC(C)=O)O[C@H](COCc2ccccc2)[C@H](OCc2ccccc2)[C@@H]1OCc1ccccc1. The quantitative estimate of drug-likeness (QED) is 0.0118. The number of benzene rings is 11. The molecule has 11 aromatic rings. The van der Waals surface area contributed by atoms with Gasteiger partial charge >= 0.3 is 11.9 Å². The molecule has 0 radical (unpaired) electrons. The van der Waals surface area contributed by atoms with Crippen molar-refractivity contribution in [1.82, 2.24) is 5.32 Å². The molecule has 4 aliphatic rings. The third-order valence-electron chi connectivity index (χ3n) is 24.6. The Morgan fingerprint density at radius 3 is 0.914 bits per heavy atom. The molecule has 0 aliphatic carbocycles. The molecule has 29 heteroatoms. The van der Waals surface area contributed by atoms with Crippen molar-refractivity contribution < 1.29 is 109 Å². The van der Waals surface area contributed by atoms with E-state index in [9.17, 15) is 19.8 Å². The van der Waals surface area contributed by atoms with Gasteiger partial charge in [-0.15, -0.1) is 0 Å². The van der Waals surface area contributed by atoms with Gasteiger partial charge in [-0.3, -0.25) is 19.8 Å². The smallest absolute Gasteiger partial charge is 0.303 e. The third kappa shape index (κ3) is 28.8. The summed E-state index contributed by atoms with van der Waals surface area (Å²) in [6, 6.07) is 105. The highest BCUT2D eigenvalue weighted by Crippen LogP contribution is 2.44. The zero-order valence-corrected chi connectivity index (χ0v) is 82.3. The molecule has 0 saturated carbocycles. The Bertz CT molecular complexity index is 5500. The van der Waals surface area contributed by atoms with Crippen LogP contribution in [0.4, 0.5) is 0 Å². The first-order valence-electron chi connectivity index (χ1n) is 47.1. The highest BCUT2D eigenvalue weighted by atomic mass is 35.6. The van der Waals surface area contributed by atoms with Gasteiger partial charge in [0.25, 0.3) is 12.1 Å². The molecule has 1 amide bonds. The van der Waals surface area contributed by atoms with E-state index < -0.39 is 170 Å². The molecule has 140 heavy (non-hydrogen) atoms. The molecule has 4 aliphatic heterocycles. The molecule has 4 heterocycles. The number of carbonyl (C=O) groups is 3. The molecule has 0 bridgehead atoms. The molecule has 2 N–H and O–H groups in total. The first kappa shape index (κ1) is 104. The molecule has 4 saturated heterocycles. The summed E-state index contributed by atoms with van der Waals surface area (Å²) in [5.74, 6) is -3.06. The van der Waals surface area contributed by atoms with E-state index in [1.54, 1.807) is 0 Å². The van der Waals surface area contributed by atoms with Crippen molar-refractivity contribution in [3.05, 3.63) is 384 Å². The van der Waals surface area contributed by atoms with E-state index in [-0.39, 0.29) is 79.3 Å². The van der Waals surface area contributed by atoms with Gasteiger partial charge in [-0.1, -0.05) is 389 Å². The van der Waals surface area contributed by atoms with Gasteiger partial charge in [-0.2, -0.15) is 0 Å². The van der Waals surface area contributed by atoms with Gasteiger partial charge in [0.15, 0.2) is 31.1 Å². The molecule has 11 aromatic carbocycles. The zero-order valence-electron chi connectivity index (χ0n) is 79.0. The molecule has 4 fully saturated rings. The van der Waals surface area contributed by atoms with E-state index in [2.05, 4.69) is 50.4 Å². The standard InChI is InChI=1S/C111H121Cl3N2O23Si/c1-75(117)116-93-98(125-67-83-50-28-12-29-51-83)94(122-64-80-44-22-9-23-45-80)89(71-120-62-78-40-18-7-19-41-78)133-105(93)137-97-91(135-108(139-109(115)111(112,113)114)104(132-77(3)119)101(97)128-70-86-56-34-15-35-57-86)73-129-106-102(99(126-68-84-52-30-13-31-53-84)95(123-65-81-46-24-10-25-47-81)90(134-106)72-121-63-79-42-20-8-21-43-79)138-107-103(131-76(2)118)100(127-69-85-54-32-14-33-55-85)96(124-66-82-48-26-11-27-49-82)92(136-107)74-130-140(110(4,5)6,87-58-36-16-37-59-87)88-60-38-17-39-61-88/h7-61,89-108,115H,62-74H2,1-6H3,(H,116,117)/t89-,90-,91-,92-,93-,94+,95-,96-,97-,98-,99+,100+,101+,102+,103+,104+,105+,106+,107-,108-/m1/s1. The molecule has 0 unspecified atom stereocenters. The van der Waals surface area contributed by atoms with Gasteiger partial charge in [-0.05, 0) is 65.5 Å². The van der Waals surface area contributed by atoms with Gasteiger partial charge < -0.3 is 99.7 Å². The lowest BCUT2D eigenvalue weighted by Gasteiger charge is -2.51. The maximum atomic E-state index is 14.6. The van der Waals surface area contributed by atoms with Crippen LogP contribution in [0.25, 0.3) is 0 Å². The predicted molar refractivity (Wildman–Crippen MR) is 529 cm³/mol. The lowest BCUT2D eigenvalue weighted by molar-refractivity contribution is -0.386. The summed E-state index contributed by atoms with van der Waals surface area (Å²) in [4.78, 5) is 43.3. The van der Waals surface area contributed by atoms with Crippen LogP contribution in [-0.2, 0) is 168 Å². The summed E-state index contributed by atoms with van der Waals surface area (Å²) < 4.78 is 143. The Balaban J connectivity index is 0.908.